The van der Waals surface area contributed by atoms with Crippen LogP contribution >= 0.6 is 0 Å². The van der Waals surface area contributed by atoms with Crippen molar-refractivity contribution < 1.29 is 22.0 Å². The molecule has 86 valence electrons. The Labute approximate surface area is 90.2 Å². The molecule has 0 atom stereocenters. The molecule has 1 aliphatic heterocycles. The summed E-state index contributed by atoms with van der Waals surface area (Å²) in [6, 6.07) is 1.24. The van der Waals surface area contributed by atoms with Crippen LogP contribution in [0.4, 0.5) is 14.5 Å². The van der Waals surface area contributed by atoms with E-state index < -0.39 is 43.7 Å². The third kappa shape index (κ3) is 1.78. The van der Waals surface area contributed by atoms with Crippen molar-refractivity contribution >= 4 is 21.4 Å². The summed E-state index contributed by atoms with van der Waals surface area (Å²) in [5, 5.41) is 2.11. The smallest absolute Gasteiger partial charge is 0.225 e. The van der Waals surface area contributed by atoms with Crippen LogP contribution in [0.25, 0.3) is 0 Å². The number of amides is 1. The minimum atomic E-state index is -3.82. The number of hydrogen-bond acceptors (Lipinski definition) is 3. The van der Waals surface area contributed by atoms with Crippen molar-refractivity contribution in [3.63, 3.8) is 0 Å². The van der Waals surface area contributed by atoms with Crippen LogP contribution in [0.2, 0.25) is 0 Å². The highest BCUT2D eigenvalue weighted by molar-refractivity contribution is 7.91. The Bertz CT molecular complexity index is 568. The Morgan fingerprint density at radius 3 is 2.62 bits per heavy atom. The van der Waals surface area contributed by atoms with Crippen molar-refractivity contribution in [3.8, 4) is 0 Å². The van der Waals surface area contributed by atoms with Gasteiger partial charge in [-0.1, -0.05) is 0 Å². The van der Waals surface area contributed by atoms with Crippen molar-refractivity contribution in [2.75, 3.05) is 11.1 Å². The predicted molar refractivity (Wildman–Crippen MR) is 51.7 cm³/mol. The van der Waals surface area contributed by atoms with E-state index in [1.165, 1.54) is 0 Å². The van der Waals surface area contributed by atoms with Crippen LogP contribution in [-0.4, -0.2) is 20.1 Å². The normalized spacial score (nSPS) is 18.5. The Kier molecular flexibility index (Phi) is 2.42. The molecule has 0 saturated heterocycles. The summed E-state index contributed by atoms with van der Waals surface area (Å²) in [6.07, 6.45) is -0.266. The molecular formula is C9H7F2NO3S. The van der Waals surface area contributed by atoms with Crippen molar-refractivity contribution in [1.29, 1.82) is 0 Å². The summed E-state index contributed by atoms with van der Waals surface area (Å²) < 4.78 is 49.5. The Morgan fingerprint density at radius 1 is 1.25 bits per heavy atom. The lowest BCUT2D eigenvalue weighted by atomic mass is 10.3. The molecule has 16 heavy (non-hydrogen) atoms. The molecule has 1 heterocycles. The maximum Gasteiger partial charge on any atom is 0.225 e. The third-order valence-corrected chi connectivity index (χ3v) is 3.95. The molecule has 1 aromatic rings. The van der Waals surface area contributed by atoms with Gasteiger partial charge in [0.05, 0.1) is 16.3 Å². The van der Waals surface area contributed by atoms with Crippen molar-refractivity contribution in [1.82, 2.24) is 0 Å². The van der Waals surface area contributed by atoms with Crippen molar-refractivity contribution in [2.45, 2.75) is 11.3 Å². The molecule has 0 spiro atoms. The fraction of sp³-hybridized carbons (Fsp3) is 0.222. The van der Waals surface area contributed by atoms with Crippen LogP contribution in [0.1, 0.15) is 6.42 Å². The number of carbonyl (C=O) groups excluding carboxylic acids is 1. The van der Waals surface area contributed by atoms with E-state index in [0.717, 1.165) is 0 Å². The van der Waals surface area contributed by atoms with E-state index in [1.807, 2.05) is 0 Å². The van der Waals surface area contributed by atoms with E-state index in [2.05, 4.69) is 5.32 Å². The summed E-state index contributed by atoms with van der Waals surface area (Å²) in [6.45, 7) is 0. The molecule has 1 amide bonds. The van der Waals surface area contributed by atoms with Gasteiger partial charge in [-0.05, 0) is 6.07 Å². The maximum absolute atomic E-state index is 13.3. The van der Waals surface area contributed by atoms with Gasteiger partial charge >= 0.3 is 0 Å². The average molecular weight is 247 g/mol. The molecule has 0 bridgehead atoms. The average Bonchev–Trinajstić information content (AvgIpc) is 2.28. The molecule has 1 aromatic carbocycles. The predicted octanol–water partition coefficient (Wildman–Crippen LogP) is 1.08. The summed E-state index contributed by atoms with van der Waals surface area (Å²) >= 11 is 0. The number of carbonyl (C=O) groups is 1. The van der Waals surface area contributed by atoms with Gasteiger partial charge in [0.2, 0.25) is 5.91 Å². The van der Waals surface area contributed by atoms with Gasteiger partial charge < -0.3 is 5.32 Å². The number of nitrogens with one attached hydrogen (secondary N) is 1. The first-order valence-corrected chi connectivity index (χ1v) is 6.07. The molecule has 1 aliphatic rings. The number of rotatable bonds is 0. The minimum Gasteiger partial charge on any atom is -0.322 e. The highest BCUT2D eigenvalue weighted by Crippen LogP contribution is 2.29. The summed E-state index contributed by atoms with van der Waals surface area (Å²) in [5.41, 5.74) is -0.469. The first-order chi connectivity index (χ1) is 7.40. The third-order valence-electron chi connectivity index (χ3n) is 2.22. The van der Waals surface area contributed by atoms with E-state index >= 15 is 0 Å². The van der Waals surface area contributed by atoms with E-state index in [-0.39, 0.29) is 6.42 Å². The van der Waals surface area contributed by atoms with Gasteiger partial charge in [-0.15, -0.1) is 0 Å². The van der Waals surface area contributed by atoms with Crippen molar-refractivity contribution in [3.05, 3.63) is 23.8 Å². The van der Waals surface area contributed by atoms with Gasteiger partial charge in [-0.3, -0.25) is 4.79 Å². The van der Waals surface area contributed by atoms with Crippen LogP contribution in [0.3, 0.4) is 0 Å². The van der Waals surface area contributed by atoms with E-state index in [1.54, 1.807) is 0 Å². The number of sulfone groups is 1. The quantitative estimate of drug-likeness (QED) is 0.746. The number of halogens is 2. The fourth-order valence-corrected chi connectivity index (χ4v) is 2.88. The lowest BCUT2D eigenvalue weighted by molar-refractivity contribution is -0.115. The fourth-order valence-electron chi connectivity index (χ4n) is 1.46. The second kappa shape index (κ2) is 3.51. The molecule has 1 N–H and O–H groups in total. The highest BCUT2D eigenvalue weighted by atomic mass is 32.2. The molecular weight excluding hydrogens is 240 g/mol. The molecule has 0 unspecified atom stereocenters. The second-order valence-electron chi connectivity index (χ2n) is 3.38. The molecule has 0 aromatic heterocycles. The van der Waals surface area contributed by atoms with Gasteiger partial charge in [-0.2, -0.15) is 0 Å². The van der Waals surface area contributed by atoms with Crippen molar-refractivity contribution in [2.24, 2.45) is 0 Å². The monoisotopic (exact) mass is 247 g/mol. The molecule has 0 saturated carbocycles. The van der Waals surface area contributed by atoms with E-state index in [9.17, 15) is 22.0 Å². The molecule has 0 radical (unpaired) electrons. The standard InChI is InChI=1S/C9H7F2NO3S/c10-5-3-6(11)9-7(4-5)16(14,15)2-1-8(13)12-9/h3-4H,1-2H2,(H,12,13). The molecule has 0 fully saturated rings. The van der Waals surface area contributed by atoms with Gasteiger partial charge in [-0.25, -0.2) is 17.2 Å². The molecule has 2 rings (SSSR count). The summed E-state index contributed by atoms with van der Waals surface area (Å²) in [4.78, 5) is 10.6. The van der Waals surface area contributed by atoms with Gasteiger partial charge in [0.1, 0.15) is 5.82 Å². The van der Waals surface area contributed by atoms with Crippen LogP contribution in [0.15, 0.2) is 17.0 Å². The summed E-state index contributed by atoms with van der Waals surface area (Å²) in [7, 11) is -3.82. The van der Waals surface area contributed by atoms with Crippen LogP contribution in [0.5, 0.6) is 0 Å². The van der Waals surface area contributed by atoms with Gasteiger partial charge in [0.15, 0.2) is 15.7 Å². The first-order valence-electron chi connectivity index (χ1n) is 4.42. The Hall–Kier alpha value is -1.50. The van der Waals surface area contributed by atoms with Crippen LogP contribution < -0.4 is 5.32 Å². The largest absolute Gasteiger partial charge is 0.322 e. The second-order valence-corrected chi connectivity index (χ2v) is 5.46. The number of fused-ring (bicyclic) bond motifs is 1. The van der Waals surface area contributed by atoms with Crippen LogP contribution in [-0.2, 0) is 14.6 Å². The zero-order valence-corrected chi connectivity index (χ0v) is 8.77. The van der Waals surface area contributed by atoms with Gasteiger partial charge in [0.25, 0.3) is 0 Å². The molecule has 4 nitrogen and oxygen atoms in total. The van der Waals surface area contributed by atoms with E-state index in [4.69, 9.17) is 0 Å². The first kappa shape index (κ1) is 11.0. The van der Waals surface area contributed by atoms with Crippen LogP contribution in [0, 0.1) is 11.6 Å². The zero-order valence-electron chi connectivity index (χ0n) is 7.96. The SMILES string of the molecule is O=C1CCS(=O)(=O)c2cc(F)cc(F)c2N1. The van der Waals surface area contributed by atoms with Gasteiger partial charge in [0, 0.05) is 12.5 Å². The minimum absolute atomic E-state index is 0.266. The lowest BCUT2D eigenvalue weighted by Crippen LogP contribution is -2.11. The number of anilines is 1. The number of hydrogen-bond donors (Lipinski definition) is 1. The zero-order chi connectivity index (χ0) is 11.9. The Balaban J connectivity index is 2.75. The highest BCUT2D eigenvalue weighted by Gasteiger charge is 2.28. The molecule has 7 heteroatoms. The number of benzene rings is 1. The lowest BCUT2D eigenvalue weighted by Gasteiger charge is -2.07. The maximum atomic E-state index is 13.3. The summed E-state index contributed by atoms with van der Waals surface area (Å²) in [5.74, 6) is -3.13. The topological polar surface area (TPSA) is 63.2 Å². The van der Waals surface area contributed by atoms with E-state index in [0.29, 0.717) is 12.1 Å². The molecule has 0 aliphatic carbocycles. The Morgan fingerprint density at radius 2 is 1.94 bits per heavy atom.